The lowest BCUT2D eigenvalue weighted by molar-refractivity contribution is 0.415. The number of aromatic nitrogens is 2. The van der Waals surface area contributed by atoms with Crippen LogP contribution in [0, 0.1) is 0 Å². The lowest BCUT2D eigenvalue weighted by Crippen LogP contribution is -1.95. The van der Waals surface area contributed by atoms with Gasteiger partial charge in [0.25, 0.3) is 0 Å². The first-order chi connectivity index (χ1) is 8.76. The molecule has 4 heteroatoms. The first-order valence-corrected chi connectivity index (χ1v) is 6.33. The van der Waals surface area contributed by atoms with E-state index < -0.39 is 0 Å². The molecule has 1 aromatic heterocycles. The van der Waals surface area contributed by atoms with E-state index in [0.717, 1.165) is 22.8 Å². The molecule has 3 nitrogen and oxygen atoms in total. The maximum absolute atomic E-state index is 6.05. The average molecular weight is 261 g/mol. The molecule has 0 saturated heterocycles. The van der Waals surface area contributed by atoms with Gasteiger partial charge in [-0.1, -0.05) is 11.6 Å². The normalized spacial score (nSPS) is 14.6. The number of halogens is 1. The van der Waals surface area contributed by atoms with Gasteiger partial charge in [-0.3, -0.25) is 0 Å². The predicted molar refractivity (Wildman–Crippen MR) is 71.0 cm³/mol. The van der Waals surface area contributed by atoms with Gasteiger partial charge in [0, 0.05) is 17.5 Å². The van der Waals surface area contributed by atoms with Crippen molar-refractivity contribution >= 4 is 11.6 Å². The van der Waals surface area contributed by atoms with E-state index in [-0.39, 0.29) is 0 Å². The van der Waals surface area contributed by atoms with Crippen molar-refractivity contribution in [2.24, 2.45) is 0 Å². The van der Waals surface area contributed by atoms with Gasteiger partial charge in [0.1, 0.15) is 16.7 Å². The molecule has 0 aliphatic heterocycles. The van der Waals surface area contributed by atoms with Crippen LogP contribution in [0.5, 0.6) is 5.75 Å². The van der Waals surface area contributed by atoms with E-state index in [2.05, 4.69) is 9.97 Å². The van der Waals surface area contributed by atoms with Crippen molar-refractivity contribution in [3.05, 3.63) is 41.3 Å². The summed E-state index contributed by atoms with van der Waals surface area (Å²) in [6, 6.07) is 9.60. The van der Waals surface area contributed by atoms with Crippen LogP contribution in [0.3, 0.4) is 0 Å². The molecule has 2 aromatic rings. The van der Waals surface area contributed by atoms with Crippen molar-refractivity contribution in [3.63, 3.8) is 0 Å². The Kier molecular flexibility index (Phi) is 2.92. The molecule has 1 fully saturated rings. The number of nitrogens with zero attached hydrogens (tertiary/aromatic N) is 2. The minimum atomic E-state index is 0.501. The fourth-order valence-electron chi connectivity index (χ4n) is 1.87. The fraction of sp³-hybridized carbons (Fsp3) is 0.286. The van der Waals surface area contributed by atoms with E-state index in [1.807, 2.05) is 24.3 Å². The van der Waals surface area contributed by atoms with Gasteiger partial charge in [0.05, 0.1) is 12.8 Å². The van der Waals surface area contributed by atoms with Gasteiger partial charge >= 0.3 is 0 Å². The standard InChI is InChI=1S/C14H13ClN2O/c1-18-11-6-4-9(5-7-11)12-8-13(15)17-14(16-12)10-2-3-10/h4-8,10H,2-3H2,1H3. The highest BCUT2D eigenvalue weighted by Crippen LogP contribution is 2.39. The molecule has 0 radical (unpaired) electrons. The van der Waals surface area contributed by atoms with Crippen molar-refractivity contribution in [2.75, 3.05) is 7.11 Å². The van der Waals surface area contributed by atoms with Gasteiger partial charge in [-0.25, -0.2) is 9.97 Å². The van der Waals surface area contributed by atoms with Crippen molar-refractivity contribution in [3.8, 4) is 17.0 Å². The zero-order valence-corrected chi connectivity index (χ0v) is 10.8. The van der Waals surface area contributed by atoms with Gasteiger partial charge in [0.15, 0.2) is 0 Å². The van der Waals surface area contributed by atoms with E-state index in [9.17, 15) is 0 Å². The molecule has 1 aliphatic carbocycles. The summed E-state index contributed by atoms with van der Waals surface area (Å²) >= 11 is 6.05. The number of ether oxygens (including phenoxy) is 1. The Hall–Kier alpha value is -1.61. The number of benzene rings is 1. The van der Waals surface area contributed by atoms with Gasteiger partial charge in [0.2, 0.25) is 0 Å². The van der Waals surface area contributed by atoms with E-state index in [0.29, 0.717) is 11.1 Å². The van der Waals surface area contributed by atoms with Crippen LogP contribution in [-0.4, -0.2) is 17.1 Å². The highest BCUT2D eigenvalue weighted by atomic mass is 35.5. The second-order valence-corrected chi connectivity index (χ2v) is 4.82. The van der Waals surface area contributed by atoms with Gasteiger partial charge in [-0.15, -0.1) is 0 Å². The molecule has 0 bridgehead atoms. The third kappa shape index (κ3) is 2.31. The van der Waals surface area contributed by atoms with E-state index in [1.165, 1.54) is 12.8 Å². The molecular formula is C14H13ClN2O. The van der Waals surface area contributed by atoms with Crippen molar-refractivity contribution < 1.29 is 4.74 Å². The zero-order chi connectivity index (χ0) is 12.5. The number of methoxy groups -OCH3 is 1. The van der Waals surface area contributed by atoms with Crippen LogP contribution >= 0.6 is 11.6 Å². The molecule has 0 spiro atoms. The molecule has 18 heavy (non-hydrogen) atoms. The summed E-state index contributed by atoms with van der Waals surface area (Å²) in [5.41, 5.74) is 1.90. The molecular weight excluding hydrogens is 248 g/mol. The minimum Gasteiger partial charge on any atom is -0.497 e. The highest BCUT2D eigenvalue weighted by Gasteiger charge is 2.27. The summed E-state index contributed by atoms with van der Waals surface area (Å²) in [5.74, 6) is 2.20. The Bertz CT molecular complexity index is 565. The van der Waals surface area contributed by atoms with Crippen molar-refractivity contribution in [1.82, 2.24) is 9.97 Å². The lowest BCUT2D eigenvalue weighted by Gasteiger charge is -2.05. The van der Waals surface area contributed by atoms with Crippen molar-refractivity contribution in [2.45, 2.75) is 18.8 Å². The Balaban J connectivity index is 1.98. The largest absolute Gasteiger partial charge is 0.497 e. The SMILES string of the molecule is COc1ccc(-c2cc(Cl)nc(C3CC3)n2)cc1. The van der Waals surface area contributed by atoms with Gasteiger partial charge in [-0.2, -0.15) is 0 Å². The Labute approximate surface area is 111 Å². The summed E-state index contributed by atoms with van der Waals surface area (Å²) < 4.78 is 5.14. The molecule has 1 saturated carbocycles. The first-order valence-electron chi connectivity index (χ1n) is 5.95. The summed E-state index contributed by atoms with van der Waals surface area (Å²) in [7, 11) is 1.65. The third-order valence-corrected chi connectivity index (χ3v) is 3.23. The smallest absolute Gasteiger partial charge is 0.133 e. The van der Waals surface area contributed by atoms with Crippen LogP contribution < -0.4 is 4.74 Å². The number of hydrogen-bond donors (Lipinski definition) is 0. The molecule has 3 rings (SSSR count). The lowest BCUT2D eigenvalue weighted by atomic mass is 10.1. The molecule has 1 aliphatic rings. The minimum absolute atomic E-state index is 0.501. The van der Waals surface area contributed by atoms with Crippen LogP contribution in [0.1, 0.15) is 24.6 Å². The molecule has 0 N–H and O–H groups in total. The van der Waals surface area contributed by atoms with Gasteiger partial charge in [-0.05, 0) is 37.1 Å². The van der Waals surface area contributed by atoms with E-state index >= 15 is 0 Å². The van der Waals surface area contributed by atoms with E-state index in [4.69, 9.17) is 16.3 Å². The summed E-state index contributed by atoms with van der Waals surface area (Å²) in [4.78, 5) is 8.87. The van der Waals surface area contributed by atoms with Crippen LogP contribution in [-0.2, 0) is 0 Å². The maximum atomic E-state index is 6.05. The zero-order valence-electron chi connectivity index (χ0n) is 10.1. The summed E-state index contributed by atoms with van der Waals surface area (Å²) in [6.07, 6.45) is 2.34. The number of rotatable bonds is 3. The second kappa shape index (κ2) is 4.58. The summed E-state index contributed by atoms with van der Waals surface area (Å²) in [6.45, 7) is 0. The first kappa shape index (κ1) is 11.5. The number of hydrogen-bond acceptors (Lipinski definition) is 3. The quantitative estimate of drug-likeness (QED) is 0.790. The Morgan fingerprint density at radius 2 is 1.89 bits per heavy atom. The monoisotopic (exact) mass is 260 g/mol. The summed E-state index contributed by atoms with van der Waals surface area (Å²) in [5, 5.41) is 0.512. The Morgan fingerprint density at radius 3 is 2.50 bits per heavy atom. The molecule has 1 heterocycles. The Morgan fingerprint density at radius 1 is 1.17 bits per heavy atom. The molecule has 0 amide bonds. The molecule has 0 unspecified atom stereocenters. The maximum Gasteiger partial charge on any atom is 0.133 e. The average Bonchev–Trinajstić information content (AvgIpc) is 3.22. The topological polar surface area (TPSA) is 35.0 Å². The van der Waals surface area contributed by atoms with E-state index in [1.54, 1.807) is 13.2 Å². The fourth-order valence-corrected chi connectivity index (χ4v) is 2.06. The van der Waals surface area contributed by atoms with Crippen LogP contribution in [0.4, 0.5) is 0 Å². The van der Waals surface area contributed by atoms with Crippen molar-refractivity contribution in [1.29, 1.82) is 0 Å². The predicted octanol–water partition coefficient (Wildman–Crippen LogP) is 3.68. The third-order valence-electron chi connectivity index (χ3n) is 3.04. The van der Waals surface area contributed by atoms with Crippen LogP contribution in [0.25, 0.3) is 11.3 Å². The molecule has 1 aromatic carbocycles. The molecule has 0 atom stereocenters. The van der Waals surface area contributed by atoms with Gasteiger partial charge < -0.3 is 4.74 Å². The molecule has 92 valence electrons. The van der Waals surface area contributed by atoms with Crippen LogP contribution in [0.2, 0.25) is 5.15 Å². The highest BCUT2D eigenvalue weighted by molar-refractivity contribution is 6.29. The second-order valence-electron chi connectivity index (χ2n) is 4.44. The van der Waals surface area contributed by atoms with Crippen LogP contribution in [0.15, 0.2) is 30.3 Å².